The van der Waals surface area contributed by atoms with E-state index in [0.29, 0.717) is 23.7 Å². The van der Waals surface area contributed by atoms with Gasteiger partial charge in [-0.1, -0.05) is 84.6 Å². The quantitative estimate of drug-likeness (QED) is 0.283. The number of hydrogen-bond donors (Lipinski definition) is 0. The first-order valence-electron chi connectivity index (χ1n) is 10.7. The van der Waals surface area contributed by atoms with Gasteiger partial charge in [-0.05, 0) is 23.3 Å². The van der Waals surface area contributed by atoms with E-state index in [2.05, 4.69) is 31.9 Å². The summed E-state index contributed by atoms with van der Waals surface area (Å²) in [7, 11) is 0. The maximum Gasteiger partial charge on any atom is 0.192 e. The number of hydrogen-bond acceptors (Lipinski definition) is 4. The predicted octanol–water partition coefficient (Wildman–Crippen LogP) is 5.67. The molecule has 0 atom stereocenters. The summed E-state index contributed by atoms with van der Waals surface area (Å²) in [6.07, 6.45) is 3.81. The molecule has 2 heterocycles. The summed E-state index contributed by atoms with van der Waals surface area (Å²) >= 11 is 1.55. The maximum absolute atomic E-state index is 14.6. The fraction of sp³-hybridized carbons (Fsp3) is 0.115. The van der Waals surface area contributed by atoms with Crippen molar-refractivity contribution in [2.45, 2.75) is 24.0 Å². The summed E-state index contributed by atoms with van der Waals surface area (Å²) in [5, 5.41) is 9.50. The molecular weight excluding hydrogens is 433 g/mol. The van der Waals surface area contributed by atoms with Crippen molar-refractivity contribution in [1.29, 1.82) is 0 Å². The van der Waals surface area contributed by atoms with Crippen molar-refractivity contribution in [3.05, 3.63) is 120 Å². The van der Waals surface area contributed by atoms with E-state index in [1.54, 1.807) is 23.9 Å². The topological polar surface area (TPSA) is 48.5 Å². The van der Waals surface area contributed by atoms with Crippen LogP contribution in [0.4, 0.5) is 4.39 Å². The number of nitrogens with zero attached hydrogens (tertiary/aromatic N) is 5. The Morgan fingerprint density at radius 3 is 2.15 bits per heavy atom. The summed E-state index contributed by atoms with van der Waals surface area (Å²) in [5.41, 5.74) is 2.76. The van der Waals surface area contributed by atoms with Crippen LogP contribution < -0.4 is 0 Å². The largest absolute Gasteiger partial charge is 0.330 e. The first kappa shape index (κ1) is 21.2. The van der Waals surface area contributed by atoms with Gasteiger partial charge in [-0.15, -0.1) is 10.2 Å². The van der Waals surface area contributed by atoms with Gasteiger partial charge in [-0.3, -0.25) is 4.57 Å². The molecule has 0 saturated carbocycles. The molecule has 0 aliphatic carbocycles. The molecule has 5 nitrogen and oxygen atoms in total. The molecule has 0 spiro atoms. The van der Waals surface area contributed by atoms with E-state index in [0.717, 1.165) is 23.1 Å². The van der Waals surface area contributed by atoms with Crippen LogP contribution in [0, 0.1) is 5.82 Å². The average molecular weight is 456 g/mol. The molecule has 0 aliphatic heterocycles. The van der Waals surface area contributed by atoms with Crippen molar-refractivity contribution >= 4 is 11.8 Å². The number of benzene rings is 3. The Morgan fingerprint density at radius 1 is 0.758 bits per heavy atom. The number of imidazole rings is 1. The van der Waals surface area contributed by atoms with Crippen molar-refractivity contribution in [1.82, 2.24) is 24.3 Å². The number of halogens is 1. The molecule has 0 unspecified atom stereocenters. The van der Waals surface area contributed by atoms with Gasteiger partial charge < -0.3 is 4.57 Å². The molecule has 0 bridgehead atoms. The highest BCUT2D eigenvalue weighted by Gasteiger charge is 2.18. The molecule has 7 heteroatoms. The third-order valence-electron chi connectivity index (χ3n) is 5.34. The van der Waals surface area contributed by atoms with Gasteiger partial charge >= 0.3 is 0 Å². The second-order valence-corrected chi connectivity index (χ2v) is 8.55. The zero-order valence-electron chi connectivity index (χ0n) is 17.9. The third kappa shape index (κ3) is 4.88. The fourth-order valence-electron chi connectivity index (χ4n) is 3.68. The Kier molecular flexibility index (Phi) is 6.30. The molecule has 5 rings (SSSR count). The maximum atomic E-state index is 14.6. The van der Waals surface area contributed by atoms with Gasteiger partial charge in [0.2, 0.25) is 0 Å². The SMILES string of the molecule is Fc1ccccc1-c1nnc(SCc2nccn2Cc2ccccc2)n1Cc1ccccc1. The summed E-state index contributed by atoms with van der Waals surface area (Å²) in [6.45, 7) is 1.31. The standard InChI is InChI=1S/C26H22FN5S/c27-23-14-8-7-13-22(23)25-29-30-26(32(25)18-21-11-5-2-6-12-21)33-19-24-28-15-16-31(24)17-20-9-3-1-4-10-20/h1-16H,17-19H2. The summed E-state index contributed by atoms with van der Waals surface area (Å²) in [4.78, 5) is 4.54. The van der Waals surface area contributed by atoms with Crippen LogP contribution in [0.5, 0.6) is 0 Å². The van der Waals surface area contributed by atoms with Crippen LogP contribution in [0.3, 0.4) is 0 Å². The Labute approximate surface area is 196 Å². The van der Waals surface area contributed by atoms with Crippen LogP contribution in [0.2, 0.25) is 0 Å². The van der Waals surface area contributed by atoms with Gasteiger partial charge in [0.1, 0.15) is 11.6 Å². The average Bonchev–Trinajstić information content (AvgIpc) is 3.46. The molecule has 5 aromatic rings. The van der Waals surface area contributed by atoms with Crippen LogP contribution >= 0.6 is 11.8 Å². The number of aromatic nitrogens is 5. The smallest absolute Gasteiger partial charge is 0.192 e. The lowest BCUT2D eigenvalue weighted by Crippen LogP contribution is -2.06. The molecule has 0 N–H and O–H groups in total. The van der Waals surface area contributed by atoms with Gasteiger partial charge in [0.05, 0.1) is 17.9 Å². The first-order valence-corrected chi connectivity index (χ1v) is 11.7. The summed E-state index contributed by atoms with van der Waals surface area (Å²) in [5.74, 6) is 1.79. The lowest BCUT2D eigenvalue weighted by molar-refractivity contribution is 0.626. The zero-order valence-corrected chi connectivity index (χ0v) is 18.7. The van der Waals surface area contributed by atoms with Crippen LogP contribution in [0.25, 0.3) is 11.4 Å². The zero-order chi connectivity index (χ0) is 22.5. The van der Waals surface area contributed by atoms with E-state index < -0.39 is 0 Å². The molecule has 2 aromatic heterocycles. The molecule has 0 amide bonds. The van der Waals surface area contributed by atoms with E-state index in [9.17, 15) is 4.39 Å². The Hall–Kier alpha value is -3.71. The van der Waals surface area contributed by atoms with E-state index in [4.69, 9.17) is 0 Å². The predicted molar refractivity (Wildman–Crippen MR) is 128 cm³/mol. The van der Waals surface area contributed by atoms with E-state index in [1.807, 2.05) is 71.6 Å². The van der Waals surface area contributed by atoms with Gasteiger partial charge in [0.15, 0.2) is 11.0 Å². The molecule has 0 radical (unpaired) electrons. The monoisotopic (exact) mass is 455 g/mol. The fourth-order valence-corrected chi connectivity index (χ4v) is 4.58. The van der Waals surface area contributed by atoms with Crippen LogP contribution in [-0.4, -0.2) is 24.3 Å². The van der Waals surface area contributed by atoms with Crippen LogP contribution in [0.15, 0.2) is 102 Å². The van der Waals surface area contributed by atoms with Crippen molar-refractivity contribution < 1.29 is 4.39 Å². The molecular formula is C26H22FN5S. The number of thioether (sulfide) groups is 1. The van der Waals surface area contributed by atoms with Gasteiger partial charge in [0.25, 0.3) is 0 Å². The second kappa shape index (κ2) is 9.83. The minimum absolute atomic E-state index is 0.311. The van der Waals surface area contributed by atoms with Crippen LogP contribution in [0.1, 0.15) is 17.0 Å². The Morgan fingerprint density at radius 2 is 1.42 bits per heavy atom. The molecule has 0 saturated heterocycles. The summed E-state index contributed by atoms with van der Waals surface area (Å²) < 4.78 is 18.7. The first-order chi connectivity index (χ1) is 16.3. The molecule has 164 valence electrons. The van der Waals surface area contributed by atoms with E-state index in [-0.39, 0.29) is 5.82 Å². The van der Waals surface area contributed by atoms with Gasteiger partial charge in [-0.2, -0.15) is 0 Å². The van der Waals surface area contributed by atoms with Crippen LogP contribution in [-0.2, 0) is 18.8 Å². The van der Waals surface area contributed by atoms with E-state index >= 15 is 0 Å². The molecule has 3 aromatic carbocycles. The molecule has 0 fully saturated rings. The highest BCUT2D eigenvalue weighted by molar-refractivity contribution is 7.98. The van der Waals surface area contributed by atoms with Gasteiger partial charge in [0, 0.05) is 18.9 Å². The second-order valence-electron chi connectivity index (χ2n) is 7.60. The Balaban J connectivity index is 1.42. The number of rotatable bonds is 8. The molecule has 0 aliphatic rings. The third-order valence-corrected chi connectivity index (χ3v) is 6.31. The van der Waals surface area contributed by atoms with Crippen molar-refractivity contribution in [2.75, 3.05) is 0 Å². The highest BCUT2D eigenvalue weighted by Crippen LogP contribution is 2.28. The lowest BCUT2D eigenvalue weighted by Gasteiger charge is -2.12. The lowest BCUT2D eigenvalue weighted by atomic mass is 10.2. The highest BCUT2D eigenvalue weighted by atomic mass is 32.2. The van der Waals surface area contributed by atoms with E-state index in [1.165, 1.54) is 11.6 Å². The minimum atomic E-state index is -0.311. The summed E-state index contributed by atoms with van der Waals surface area (Å²) in [6, 6.07) is 27.0. The normalized spacial score (nSPS) is 11.1. The van der Waals surface area contributed by atoms with Crippen molar-refractivity contribution in [2.24, 2.45) is 0 Å². The minimum Gasteiger partial charge on any atom is -0.330 e. The molecule has 33 heavy (non-hydrogen) atoms. The Bertz CT molecular complexity index is 1330. The van der Waals surface area contributed by atoms with Gasteiger partial charge in [-0.25, -0.2) is 9.37 Å². The van der Waals surface area contributed by atoms with Crippen molar-refractivity contribution in [3.8, 4) is 11.4 Å². The van der Waals surface area contributed by atoms with Crippen molar-refractivity contribution in [3.63, 3.8) is 0 Å².